The molecule has 0 radical (unpaired) electrons. The first-order valence-electron chi connectivity index (χ1n) is 7.16. The van der Waals surface area contributed by atoms with Gasteiger partial charge in [0, 0.05) is 25.3 Å². The lowest BCUT2D eigenvalue weighted by atomic mass is 10.1. The predicted octanol–water partition coefficient (Wildman–Crippen LogP) is 3.47. The molecule has 1 rings (SSSR count). The highest BCUT2D eigenvalue weighted by molar-refractivity contribution is 5.54. The summed E-state index contributed by atoms with van der Waals surface area (Å²) in [6, 6.07) is 6.73. The predicted molar refractivity (Wildman–Crippen MR) is 81.6 cm³/mol. The van der Waals surface area contributed by atoms with E-state index < -0.39 is 0 Å². The van der Waals surface area contributed by atoms with Crippen molar-refractivity contribution in [2.24, 2.45) is 0 Å². The van der Waals surface area contributed by atoms with Gasteiger partial charge >= 0.3 is 0 Å². The molecular weight excluding hydrogens is 220 g/mol. The van der Waals surface area contributed by atoms with Gasteiger partial charge in [0.25, 0.3) is 0 Å². The molecule has 2 heteroatoms. The van der Waals surface area contributed by atoms with Gasteiger partial charge in [-0.05, 0) is 51.1 Å². The molecule has 2 nitrogen and oxygen atoms in total. The highest BCUT2D eigenvalue weighted by Crippen LogP contribution is 2.21. The lowest BCUT2D eigenvalue weighted by Gasteiger charge is -2.28. The Labute approximate surface area is 113 Å². The van der Waals surface area contributed by atoms with E-state index in [1.54, 1.807) is 0 Å². The minimum absolute atomic E-state index is 1.07. The van der Waals surface area contributed by atoms with Gasteiger partial charge in [-0.25, -0.2) is 0 Å². The van der Waals surface area contributed by atoms with Crippen molar-refractivity contribution in [2.75, 3.05) is 37.6 Å². The van der Waals surface area contributed by atoms with Crippen molar-refractivity contribution in [1.82, 2.24) is 4.90 Å². The lowest BCUT2D eigenvalue weighted by molar-refractivity contribution is 0.310. The Balaban J connectivity index is 2.73. The van der Waals surface area contributed by atoms with Crippen LogP contribution in [0.15, 0.2) is 18.2 Å². The number of hydrogen-bond donors (Lipinski definition) is 0. The molecule has 18 heavy (non-hydrogen) atoms. The Morgan fingerprint density at radius 2 is 1.56 bits per heavy atom. The van der Waals surface area contributed by atoms with Crippen molar-refractivity contribution in [3.8, 4) is 0 Å². The summed E-state index contributed by atoms with van der Waals surface area (Å²) in [5.74, 6) is 0. The Bertz CT molecular complexity index is 356. The van der Waals surface area contributed by atoms with Gasteiger partial charge in [-0.1, -0.05) is 26.0 Å². The maximum atomic E-state index is 2.49. The molecule has 0 fully saturated rings. The number of aryl methyl sites for hydroxylation is 2. The summed E-state index contributed by atoms with van der Waals surface area (Å²) in [4.78, 5) is 4.97. The van der Waals surface area contributed by atoms with Crippen molar-refractivity contribution in [3.05, 3.63) is 29.3 Å². The molecule has 1 aromatic carbocycles. The van der Waals surface area contributed by atoms with Gasteiger partial charge < -0.3 is 9.80 Å². The highest BCUT2D eigenvalue weighted by Gasteiger charge is 2.09. The second-order valence-corrected chi connectivity index (χ2v) is 4.90. The van der Waals surface area contributed by atoms with Crippen molar-refractivity contribution in [1.29, 1.82) is 0 Å². The Morgan fingerprint density at radius 3 is 2.11 bits per heavy atom. The van der Waals surface area contributed by atoms with E-state index in [0.29, 0.717) is 0 Å². The molecule has 1 aromatic rings. The third kappa shape index (κ3) is 4.02. The zero-order chi connectivity index (χ0) is 13.5. The zero-order valence-corrected chi connectivity index (χ0v) is 12.7. The third-order valence-corrected chi connectivity index (χ3v) is 3.67. The van der Waals surface area contributed by atoms with Gasteiger partial charge in [-0.2, -0.15) is 0 Å². The normalized spacial score (nSPS) is 11.0. The van der Waals surface area contributed by atoms with E-state index >= 15 is 0 Å². The summed E-state index contributed by atoms with van der Waals surface area (Å²) < 4.78 is 0. The highest BCUT2D eigenvalue weighted by atomic mass is 15.2. The Kier molecular flexibility index (Phi) is 6.20. The van der Waals surface area contributed by atoms with Crippen LogP contribution in [-0.2, 0) is 0 Å². The van der Waals surface area contributed by atoms with Crippen molar-refractivity contribution < 1.29 is 0 Å². The van der Waals surface area contributed by atoms with E-state index in [0.717, 1.165) is 32.7 Å². The quantitative estimate of drug-likeness (QED) is 0.729. The largest absolute Gasteiger partial charge is 0.370 e. The third-order valence-electron chi connectivity index (χ3n) is 3.67. The number of likely N-dealkylation sites (N-methyl/N-ethyl adjacent to an activating group) is 2. The first-order valence-corrected chi connectivity index (χ1v) is 7.16. The molecule has 102 valence electrons. The number of rotatable bonds is 7. The topological polar surface area (TPSA) is 6.48 Å². The minimum atomic E-state index is 1.07. The summed E-state index contributed by atoms with van der Waals surface area (Å²) in [5.41, 5.74) is 4.11. The molecule has 0 amide bonds. The van der Waals surface area contributed by atoms with Crippen LogP contribution in [0.1, 0.15) is 31.9 Å². The van der Waals surface area contributed by atoms with Crippen LogP contribution in [0.2, 0.25) is 0 Å². The average molecular weight is 248 g/mol. The Morgan fingerprint density at radius 1 is 0.889 bits per heavy atom. The number of hydrogen-bond acceptors (Lipinski definition) is 2. The fourth-order valence-electron chi connectivity index (χ4n) is 2.31. The van der Waals surface area contributed by atoms with E-state index in [1.165, 1.54) is 16.8 Å². The average Bonchev–Trinajstić information content (AvgIpc) is 2.38. The van der Waals surface area contributed by atoms with Crippen LogP contribution in [0.5, 0.6) is 0 Å². The summed E-state index contributed by atoms with van der Waals surface area (Å²) in [7, 11) is 0. The standard InChI is InChI=1S/C16H28N2/c1-6-17(7-2)11-12-18(8-3)16-13-14(4)9-10-15(16)5/h9-10,13H,6-8,11-12H2,1-5H3. The molecule has 0 aliphatic carbocycles. The number of benzene rings is 1. The van der Waals surface area contributed by atoms with E-state index in [2.05, 4.69) is 62.6 Å². The fraction of sp³-hybridized carbons (Fsp3) is 0.625. The molecule has 0 saturated carbocycles. The first-order chi connectivity index (χ1) is 8.62. The van der Waals surface area contributed by atoms with Crippen LogP contribution in [0.4, 0.5) is 5.69 Å². The minimum Gasteiger partial charge on any atom is -0.370 e. The molecule has 0 unspecified atom stereocenters. The molecule has 0 N–H and O–H groups in total. The SMILES string of the molecule is CCN(CC)CCN(CC)c1cc(C)ccc1C. The maximum Gasteiger partial charge on any atom is 0.0398 e. The monoisotopic (exact) mass is 248 g/mol. The van der Waals surface area contributed by atoms with Crippen LogP contribution in [0.3, 0.4) is 0 Å². The number of anilines is 1. The molecular formula is C16H28N2. The molecule has 0 heterocycles. The van der Waals surface area contributed by atoms with Gasteiger partial charge in [0.15, 0.2) is 0 Å². The smallest absolute Gasteiger partial charge is 0.0398 e. The number of nitrogens with zero attached hydrogens (tertiary/aromatic N) is 2. The molecule has 0 atom stereocenters. The van der Waals surface area contributed by atoms with Gasteiger partial charge in [0.1, 0.15) is 0 Å². The summed E-state index contributed by atoms with van der Waals surface area (Å²) in [6.07, 6.45) is 0. The van der Waals surface area contributed by atoms with Gasteiger partial charge in [0.05, 0.1) is 0 Å². The zero-order valence-electron chi connectivity index (χ0n) is 12.7. The van der Waals surface area contributed by atoms with Gasteiger partial charge in [-0.15, -0.1) is 0 Å². The summed E-state index contributed by atoms with van der Waals surface area (Å²) in [6.45, 7) is 16.7. The maximum absolute atomic E-state index is 2.49. The van der Waals surface area contributed by atoms with E-state index in [9.17, 15) is 0 Å². The van der Waals surface area contributed by atoms with E-state index in [1.807, 2.05) is 0 Å². The molecule has 0 saturated heterocycles. The van der Waals surface area contributed by atoms with Gasteiger partial charge in [-0.3, -0.25) is 0 Å². The summed E-state index contributed by atoms with van der Waals surface area (Å²) >= 11 is 0. The van der Waals surface area contributed by atoms with Crippen LogP contribution in [-0.4, -0.2) is 37.6 Å². The molecule has 0 spiro atoms. The van der Waals surface area contributed by atoms with Crippen molar-refractivity contribution in [3.63, 3.8) is 0 Å². The second kappa shape index (κ2) is 7.42. The molecule has 0 aliphatic rings. The van der Waals surface area contributed by atoms with Crippen LogP contribution in [0, 0.1) is 13.8 Å². The first kappa shape index (κ1) is 15.0. The Hall–Kier alpha value is -1.02. The van der Waals surface area contributed by atoms with Crippen LogP contribution in [0.25, 0.3) is 0 Å². The van der Waals surface area contributed by atoms with E-state index in [4.69, 9.17) is 0 Å². The van der Waals surface area contributed by atoms with Crippen LogP contribution < -0.4 is 4.90 Å². The van der Waals surface area contributed by atoms with E-state index in [-0.39, 0.29) is 0 Å². The molecule has 0 bridgehead atoms. The summed E-state index contributed by atoms with van der Waals surface area (Å²) in [5, 5.41) is 0. The van der Waals surface area contributed by atoms with Crippen molar-refractivity contribution in [2.45, 2.75) is 34.6 Å². The van der Waals surface area contributed by atoms with Crippen LogP contribution >= 0.6 is 0 Å². The molecule has 0 aliphatic heterocycles. The fourth-order valence-corrected chi connectivity index (χ4v) is 2.31. The molecule has 0 aromatic heterocycles. The lowest BCUT2D eigenvalue weighted by Crippen LogP contribution is -2.35. The van der Waals surface area contributed by atoms with Crippen molar-refractivity contribution >= 4 is 5.69 Å². The van der Waals surface area contributed by atoms with Gasteiger partial charge in [0.2, 0.25) is 0 Å². The second-order valence-electron chi connectivity index (χ2n) is 4.90.